The second kappa shape index (κ2) is 10.5. The number of hydrogen-bond donors (Lipinski definition) is 0. The van der Waals surface area contributed by atoms with Gasteiger partial charge in [-0.2, -0.15) is 13.2 Å². The summed E-state index contributed by atoms with van der Waals surface area (Å²) < 4.78 is 47.6. The fourth-order valence-electron chi connectivity index (χ4n) is 4.47. The number of benzene rings is 2. The maximum Gasteiger partial charge on any atom is 0.417 e. The van der Waals surface area contributed by atoms with Crippen LogP contribution in [0.4, 0.5) is 23.7 Å². The van der Waals surface area contributed by atoms with Crippen LogP contribution in [0.2, 0.25) is 0 Å². The van der Waals surface area contributed by atoms with E-state index in [1.165, 1.54) is 18.2 Å². The third kappa shape index (κ3) is 6.26. The Morgan fingerprint density at radius 2 is 1.51 bits per heavy atom. The highest BCUT2D eigenvalue weighted by Crippen LogP contribution is 2.43. The van der Waals surface area contributed by atoms with E-state index in [4.69, 9.17) is 4.74 Å². The van der Waals surface area contributed by atoms with Gasteiger partial charge in [-0.15, -0.1) is 0 Å². The molecule has 198 valence electrons. The SMILES string of the molecule is CC(C)(C)OC(=O)N1CCN(C(=O)/C=C/c2cccc(C(F)(F)F)c2-c2ccccc2N2CCC2)CC1. The van der Waals surface area contributed by atoms with Crippen molar-refractivity contribution < 1.29 is 27.5 Å². The van der Waals surface area contributed by atoms with Crippen LogP contribution in [0.15, 0.2) is 48.5 Å². The number of rotatable bonds is 4. The van der Waals surface area contributed by atoms with Crippen LogP contribution in [-0.4, -0.2) is 66.7 Å². The Morgan fingerprint density at radius 3 is 2.11 bits per heavy atom. The normalized spacial score (nSPS) is 16.6. The van der Waals surface area contributed by atoms with Crippen LogP contribution in [0.3, 0.4) is 0 Å². The van der Waals surface area contributed by atoms with Crippen LogP contribution in [0, 0.1) is 0 Å². The second-order valence-electron chi connectivity index (χ2n) is 10.3. The molecule has 0 radical (unpaired) electrons. The number of para-hydroxylation sites is 1. The van der Waals surface area contributed by atoms with Gasteiger partial charge in [-0.3, -0.25) is 4.79 Å². The number of ether oxygens (including phenoxy) is 1. The maximum absolute atomic E-state index is 14.1. The highest BCUT2D eigenvalue weighted by atomic mass is 19.4. The van der Waals surface area contributed by atoms with Crippen LogP contribution in [0.5, 0.6) is 0 Å². The van der Waals surface area contributed by atoms with E-state index >= 15 is 0 Å². The number of halogens is 3. The smallest absolute Gasteiger partial charge is 0.417 e. The third-order valence-corrected chi connectivity index (χ3v) is 6.42. The summed E-state index contributed by atoms with van der Waals surface area (Å²) in [6, 6.07) is 11.1. The number of piperazine rings is 1. The van der Waals surface area contributed by atoms with Crippen molar-refractivity contribution in [2.75, 3.05) is 44.2 Å². The molecule has 9 heteroatoms. The Bertz CT molecular complexity index is 1180. The predicted octanol–water partition coefficient (Wildman–Crippen LogP) is 5.68. The lowest BCUT2D eigenvalue weighted by atomic mass is 9.91. The summed E-state index contributed by atoms with van der Waals surface area (Å²) in [4.78, 5) is 30.4. The van der Waals surface area contributed by atoms with Gasteiger partial charge in [0.05, 0.1) is 5.56 Å². The molecular formula is C28H32F3N3O3. The molecule has 4 rings (SSSR count). The zero-order valence-electron chi connectivity index (χ0n) is 21.3. The van der Waals surface area contributed by atoms with Crippen LogP contribution >= 0.6 is 0 Å². The molecule has 0 N–H and O–H groups in total. The molecule has 2 aromatic carbocycles. The van der Waals surface area contributed by atoms with Crippen molar-refractivity contribution in [3.05, 3.63) is 59.7 Å². The molecule has 0 atom stereocenters. The van der Waals surface area contributed by atoms with E-state index in [0.29, 0.717) is 37.3 Å². The molecule has 6 nitrogen and oxygen atoms in total. The first kappa shape index (κ1) is 26.6. The predicted molar refractivity (Wildman–Crippen MR) is 137 cm³/mol. The number of hydrogen-bond acceptors (Lipinski definition) is 4. The van der Waals surface area contributed by atoms with Crippen molar-refractivity contribution in [2.24, 2.45) is 0 Å². The summed E-state index contributed by atoms with van der Waals surface area (Å²) in [5.74, 6) is -0.316. The standard InChI is InChI=1S/C28H32F3N3O3/c1-27(2,3)37-26(36)34-18-16-33(17-19-34)24(35)13-12-20-8-6-10-22(28(29,30)31)25(20)21-9-4-5-11-23(21)32-14-7-15-32/h4-6,8-13H,7,14-19H2,1-3H3/b13-12+. The summed E-state index contributed by atoms with van der Waals surface area (Å²) in [7, 11) is 0. The zero-order chi connectivity index (χ0) is 26.8. The van der Waals surface area contributed by atoms with Gasteiger partial charge in [-0.1, -0.05) is 30.3 Å². The number of carbonyl (C=O) groups excluding carboxylic acids is 2. The highest BCUT2D eigenvalue weighted by Gasteiger charge is 2.35. The Balaban J connectivity index is 1.56. The third-order valence-electron chi connectivity index (χ3n) is 6.42. The van der Waals surface area contributed by atoms with Gasteiger partial charge >= 0.3 is 12.3 Å². The Hall–Kier alpha value is -3.49. The van der Waals surface area contributed by atoms with Gasteiger partial charge in [-0.25, -0.2) is 4.79 Å². The molecule has 0 aromatic heterocycles. The lowest BCUT2D eigenvalue weighted by molar-refractivity contribution is -0.137. The molecule has 0 aliphatic carbocycles. The molecule has 37 heavy (non-hydrogen) atoms. The minimum Gasteiger partial charge on any atom is -0.444 e. The van der Waals surface area contributed by atoms with Crippen molar-refractivity contribution in [2.45, 2.75) is 39.0 Å². The molecule has 2 heterocycles. The molecule has 2 aromatic rings. The van der Waals surface area contributed by atoms with E-state index in [1.54, 1.807) is 48.8 Å². The molecule has 2 fully saturated rings. The zero-order valence-corrected chi connectivity index (χ0v) is 21.3. The van der Waals surface area contributed by atoms with Crippen molar-refractivity contribution in [1.29, 1.82) is 0 Å². The average Bonchev–Trinajstić information content (AvgIpc) is 2.80. The van der Waals surface area contributed by atoms with E-state index < -0.39 is 23.4 Å². The van der Waals surface area contributed by atoms with Gasteiger partial charge in [0, 0.05) is 62.2 Å². The second-order valence-corrected chi connectivity index (χ2v) is 10.3. The minimum absolute atomic E-state index is 0.0660. The molecule has 2 saturated heterocycles. The quantitative estimate of drug-likeness (QED) is 0.492. The average molecular weight is 516 g/mol. The van der Waals surface area contributed by atoms with E-state index in [1.807, 2.05) is 12.1 Å². The first-order chi connectivity index (χ1) is 17.4. The number of anilines is 1. The van der Waals surface area contributed by atoms with Crippen molar-refractivity contribution >= 4 is 23.8 Å². The molecule has 2 amide bonds. The van der Waals surface area contributed by atoms with Crippen LogP contribution < -0.4 is 4.90 Å². The molecule has 2 aliphatic rings. The lowest BCUT2D eigenvalue weighted by Gasteiger charge is -2.35. The number of nitrogens with zero attached hydrogens (tertiary/aromatic N) is 3. The van der Waals surface area contributed by atoms with Gasteiger partial charge < -0.3 is 19.4 Å². The molecule has 0 saturated carbocycles. The lowest BCUT2D eigenvalue weighted by Crippen LogP contribution is -2.51. The summed E-state index contributed by atoms with van der Waals surface area (Å²) in [5, 5.41) is 0. The summed E-state index contributed by atoms with van der Waals surface area (Å²) >= 11 is 0. The monoisotopic (exact) mass is 515 g/mol. The van der Waals surface area contributed by atoms with Crippen LogP contribution in [-0.2, 0) is 15.7 Å². The highest BCUT2D eigenvalue weighted by molar-refractivity contribution is 5.95. The molecular weight excluding hydrogens is 483 g/mol. The van der Waals surface area contributed by atoms with E-state index in [0.717, 1.165) is 31.3 Å². The van der Waals surface area contributed by atoms with Crippen LogP contribution in [0.1, 0.15) is 38.3 Å². The number of amides is 2. The van der Waals surface area contributed by atoms with Gasteiger partial charge in [0.15, 0.2) is 0 Å². The summed E-state index contributed by atoms with van der Waals surface area (Å²) in [5.41, 5.74) is 0.294. The van der Waals surface area contributed by atoms with E-state index in [2.05, 4.69) is 4.90 Å². The molecule has 0 spiro atoms. The van der Waals surface area contributed by atoms with Gasteiger partial charge in [0.2, 0.25) is 5.91 Å². The summed E-state index contributed by atoms with van der Waals surface area (Å²) in [6.45, 7) is 8.25. The van der Waals surface area contributed by atoms with Gasteiger partial charge in [0.1, 0.15) is 5.60 Å². The first-order valence-electron chi connectivity index (χ1n) is 12.4. The maximum atomic E-state index is 14.1. The minimum atomic E-state index is -4.55. The molecule has 0 bridgehead atoms. The van der Waals surface area contributed by atoms with Crippen molar-refractivity contribution in [1.82, 2.24) is 9.80 Å². The van der Waals surface area contributed by atoms with Gasteiger partial charge in [-0.05, 0) is 51.0 Å². The largest absolute Gasteiger partial charge is 0.444 e. The molecule has 0 unspecified atom stereocenters. The first-order valence-corrected chi connectivity index (χ1v) is 12.4. The van der Waals surface area contributed by atoms with Gasteiger partial charge in [0.25, 0.3) is 0 Å². The number of carbonyl (C=O) groups is 2. The number of alkyl halides is 3. The van der Waals surface area contributed by atoms with Crippen molar-refractivity contribution in [3.63, 3.8) is 0 Å². The Labute approximate surface area is 215 Å². The molecule has 2 aliphatic heterocycles. The topological polar surface area (TPSA) is 53.1 Å². The van der Waals surface area contributed by atoms with E-state index in [-0.39, 0.29) is 11.5 Å². The van der Waals surface area contributed by atoms with Crippen molar-refractivity contribution in [3.8, 4) is 11.1 Å². The fourth-order valence-corrected chi connectivity index (χ4v) is 4.47. The fraction of sp³-hybridized carbons (Fsp3) is 0.429. The van der Waals surface area contributed by atoms with E-state index in [9.17, 15) is 22.8 Å². The Kier molecular flexibility index (Phi) is 7.52. The summed E-state index contributed by atoms with van der Waals surface area (Å²) in [6.07, 6.45) is -1.21. The Morgan fingerprint density at radius 1 is 0.865 bits per heavy atom. The van der Waals surface area contributed by atoms with Crippen LogP contribution in [0.25, 0.3) is 17.2 Å².